The smallest absolute Gasteiger partial charge is 0.268 e. The van der Waals surface area contributed by atoms with Gasteiger partial charge in [-0.2, -0.15) is 0 Å². The van der Waals surface area contributed by atoms with Crippen LogP contribution in [0.4, 0.5) is 0 Å². The van der Waals surface area contributed by atoms with Gasteiger partial charge in [-0.1, -0.05) is 0 Å². The molecule has 0 saturated heterocycles. The molecule has 0 radical (unpaired) electrons. The Hall–Kier alpha value is -2.08. The first-order valence-electron chi connectivity index (χ1n) is 6.89. The van der Waals surface area contributed by atoms with Crippen LogP contribution in [-0.2, 0) is 26.6 Å². The minimum atomic E-state index is -0.0557. The second-order valence-corrected chi connectivity index (χ2v) is 5.00. The highest BCUT2D eigenvalue weighted by Gasteiger charge is 2.14. The zero-order chi connectivity index (χ0) is 13.9. The van der Waals surface area contributed by atoms with Crippen molar-refractivity contribution in [2.24, 2.45) is 7.05 Å². The summed E-state index contributed by atoms with van der Waals surface area (Å²) >= 11 is 0. The van der Waals surface area contributed by atoms with Gasteiger partial charge < -0.3 is 19.8 Å². The Morgan fingerprint density at radius 2 is 2.40 bits per heavy atom. The molecular weight excluding hydrogens is 254 g/mol. The molecule has 0 bridgehead atoms. The lowest BCUT2D eigenvalue weighted by atomic mass is 10.3. The summed E-state index contributed by atoms with van der Waals surface area (Å²) in [5.41, 5.74) is 1.73. The number of carbonyl (C=O) groups is 1. The van der Waals surface area contributed by atoms with E-state index in [2.05, 4.69) is 20.2 Å². The van der Waals surface area contributed by atoms with Crippen molar-refractivity contribution in [2.45, 2.75) is 19.5 Å². The quantitative estimate of drug-likeness (QED) is 0.845. The maximum Gasteiger partial charge on any atom is 0.268 e. The monoisotopic (exact) mass is 273 g/mol. The number of aryl methyl sites for hydroxylation is 1. The maximum absolute atomic E-state index is 12.1. The van der Waals surface area contributed by atoms with E-state index in [1.807, 2.05) is 36.1 Å². The molecule has 3 rings (SSSR count). The first-order valence-corrected chi connectivity index (χ1v) is 6.89. The molecule has 0 unspecified atom stereocenters. The summed E-state index contributed by atoms with van der Waals surface area (Å²) in [6.07, 6.45) is 4.67. The van der Waals surface area contributed by atoms with Gasteiger partial charge in [0.15, 0.2) is 0 Å². The molecule has 1 amide bonds. The normalized spacial score (nSPS) is 14.7. The predicted molar refractivity (Wildman–Crippen MR) is 75.4 cm³/mol. The van der Waals surface area contributed by atoms with Gasteiger partial charge in [0.2, 0.25) is 0 Å². The Morgan fingerprint density at radius 3 is 3.20 bits per heavy atom. The highest BCUT2D eigenvalue weighted by atomic mass is 16.1. The second-order valence-electron chi connectivity index (χ2n) is 5.00. The number of hydrogen-bond donors (Lipinski definition) is 2. The summed E-state index contributed by atoms with van der Waals surface area (Å²) in [6.45, 7) is 3.33. The highest BCUT2D eigenvalue weighted by molar-refractivity contribution is 5.92. The number of carbonyl (C=O) groups excluding carboxylic acids is 1. The molecule has 1 aliphatic rings. The maximum atomic E-state index is 12.1. The zero-order valence-corrected chi connectivity index (χ0v) is 11.6. The molecule has 1 aliphatic heterocycles. The van der Waals surface area contributed by atoms with Crippen LogP contribution in [0.5, 0.6) is 0 Å². The van der Waals surface area contributed by atoms with Crippen molar-refractivity contribution in [2.75, 3.05) is 13.1 Å². The number of hydrogen-bond acceptors (Lipinski definition) is 3. The molecule has 0 aromatic carbocycles. The van der Waals surface area contributed by atoms with Crippen LogP contribution in [0.3, 0.4) is 0 Å². The van der Waals surface area contributed by atoms with Crippen molar-refractivity contribution in [3.8, 4) is 0 Å². The van der Waals surface area contributed by atoms with E-state index in [-0.39, 0.29) is 5.91 Å². The van der Waals surface area contributed by atoms with E-state index in [9.17, 15) is 4.79 Å². The predicted octanol–water partition coefficient (Wildman–Crippen LogP) is 0.297. The first kappa shape index (κ1) is 12.9. The Morgan fingerprint density at radius 1 is 1.50 bits per heavy atom. The third-order valence-electron chi connectivity index (χ3n) is 3.66. The minimum Gasteiger partial charge on any atom is -0.347 e. The van der Waals surface area contributed by atoms with Crippen molar-refractivity contribution < 1.29 is 4.79 Å². The van der Waals surface area contributed by atoms with Crippen LogP contribution in [0.25, 0.3) is 0 Å². The molecule has 3 heterocycles. The fraction of sp³-hybridized carbons (Fsp3) is 0.429. The minimum absolute atomic E-state index is 0.0557. The number of aromatic nitrogens is 3. The van der Waals surface area contributed by atoms with Crippen molar-refractivity contribution in [1.82, 2.24) is 24.8 Å². The summed E-state index contributed by atoms with van der Waals surface area (Å²) in [5, 5.41) is 6.31. The Kier molecular flexibility index (Phi) is 3.56. The van der Waals surface area contributed by atoms with Crippen LogP contribution >= 0.6 is 0 Å². The molecule has 2 aromatic heterocycles. The van der Waals surface area contributed by atoms with E-state index in [1.165, 1.54) is 0 Å². The second kappa shape index (κ2) is 5.50. The van der Waals surface area contributed by atoms with Crippen LogP contribution in [0.15, 0.2) is 24.5 Å². The number of nitrogens with one attached hydrogen (secondary N) is 2. The molecule has 0 saturated carbocycles. The van der Waals surface area contributed by atoms with Crippen molar-refractivity contribution in [1.29, 1.82) is 0 Å². The molecular formula is C14H19N5O. The van der Waals surface area contributed by atoms with Crippen molar-refractivity contribution in [3.05, 3.63) is 41.7 Å². The zero-order valence-electron chi connectivity index (χ0n) is 11.6. The van der Waals surface area contributed by atoms with Gasteiger partial charge in [0, 0.05) is 39.3 Å². The Labute approximate surface area is 117 Å². The van der Waals surface area contributed by atoms with Crippen molar-refractivity contribution >= 4 is 5.91 Å². The van der Waals surface area contributed by atoms with E-state index < -0.39 is 0 Å². The summed E-state index contributed by atoms with van der Waals surface area (Å²) in [5.74, 6) is 1.04. The summed E-state index contributed by atoms with van der Waals surface area (Å²) in [6, 6.07) is 3.68. The van der Waals surface area contributed by atoms with E-state index in [4.69, 9.17) is 0 Å². The molecule has 0 atom stereocenters. The average Bonchev–Trinajstić information content (AvgIpc) is 2.96. The van der Waals surface area contributed by atoms with Crippen LogP contribution < -0.4 is 10.6 Å². The molecule has 2 aromatic rings. The third kappa shape index (κ3) is 2.46. The third-order valence-corrected chi connectivity index (χ3v) is 3.66. The summed E-state index contributed by atoms with van der Waals surface area (Å²) < 4.78 is 4.02. The lowest BCUT2D eigenvalue weighted by Crippen LogP contribution is -2.26. The molecule has 0 aliphatic carbocycles. The molecule has 0 fully saturated rings. The number of amides is 1. The van der Waals surface area contributed by atoms with Gasteiger partial charge in [0.1, 0.15) is 11.5 Å². The fourth-order valence-corrected chi connectivity index (χ4v) is 2.54. The molecule has 6 nitrogen and oxygen atoms in total. The van der Waals surface area contributed by atoms with Gasteiger partial charge >= 0.3 is 0 Å². The lowest BCUT2D eigenvalue weighted by Gasteiger charge is -2.10. The van der Waals surface area contributed by atoms with Gasteiger partial charge in [-0.15, -0.1) is 0 Å². The SMILES string of the molecule is Cn1cccc1C(=O)NCc1cnc2n1CCNCC2. The Bertz CT molecular complexity index is 613. The molecule has 2 N–H and O–H groups in total. The van der Waals surface area contributed by atoms with Gasteiger partial charge in [-0.3, -0.25) is 4.79 Å². The summed E-state index contributed by atoms with van der Waals surface area (Å²) in [4.78, 5) is 16.5. The van der Waals surface area contributed by atoms with Crippen LogP contribution in [0.1, 0.15) is 22.0 Å². The largest absolute Gasteiger partial charge is 0.347 e. The Balaban J connectivity index is 1.68. The highest BCUT2D eigenvalue weighted by Crippen LogP contribution is 2.08. The van der Waals surface area contributed by atoms with E-state index in [1.54, 1.807) is 0 Å². The molecule has 20 heavy (non-hydrogen) atoms. The molecule has 6 heteroatoms. The van der Waals surface area contributed by atoms with Crippen molar-refractivity contribution in [3.63, 3.8) is 0 Å². The van der Waals surface area contributed by atoms with Crippen LogP contribution in [0.2, 0.25) is 0 Å². The van der Waals surface area contributed by atoms with Crippen LogP contribution in [0, 0.1) is 0 Å². The number of imidazole rings is 1. The number of nitrogens with zero attached hydrogens (tertiary/aromatic N) is 3. The summed E-state index contributed by atoms with van der Waals surface area (Å²) in [7, 11) is 1.87. The fourth-order valence-electron chi connectivity index (χ4n) is 2.54. The molecule has 106 valence electrons. The average molecular weight is 273 g/mol. The number of rotatable bonds is 3. The van der Waals surface area contributed by atoms with Gasteiger partial charge in [0.05, 0.1) is 18.4 Å². The first-order chi connectivity index (χ1) is 9.75. The van der Waals surface area contributed by atoms with E-state index >= 15 is 0 Å². The van der Waals surface area contributed by atoms with E-state index in [0.717, 1.165) is 37.6 Å². The lowest BCUT2D eigenvalue weighted by molar-refractivity contribution is 0.0942. The number of fused-ring (bicyclic) bond motifs is 1. The van der Waals surface area contributed by atoms with Gasteiger partial charge in [0.25, 0.3) is 5.91 Å². The van der Waals surface area contributed by atoms with E-state index in [0.29, 0.717) is 12.2 Å². The van der Waals surface area contributed by atoms with Gasteiger partial charge in [-0.05, 0) is 12.1 Å². The van der Waals surface area contributed by atoms with Crippen LogP contribution in [-0.4, -0.2) is 33.1 Å². The standard InChI is InChI=1S/C14H19N5O/c1-18-7-2-3-12(18)14(20)17-10-11-9-16-13-4-5-15-6-8-19(11)13/h2-3,7,9,15H,4-6,8,10H2,1H3,(H,17,20). The van der Waals surface area contributed by atoms with Gasteiger partial charge in [-0.25, -0.2) is 4.98 Å². The topological polar surface area (TPSA) is 63.9 Å². The molecule has 0 spiro atoms.